The summed E-state index contributed by atoms with van der Waals surface area (Å²) < 4.78 is 0. The highest BCUT2D eigenvalue weighted by atomic mass is 35.5. The smallest absolute Gasteiger partial charge is 0.236 e. The van der Waals surface area contributed by atoms with E-state index in [4.69, 9.17) is 17.3 Å². The number of carbonyl (C=O) groups is 1. The zero-order valence-electron chi connectivity index (χ0n) is 12.4. The first kappa shape index (κ1) is 16.8. The third-order valence-electron chi connectivity index (χ3n) is 3.00. The summed E-state index contributed by atoms with van der Waals surface area (Å²) in [5.41, 5.74) is 7.23. The molecule has 0 atom stereocenters. The number of halogens is 1. The molecule has 0 radical (unpaired) electrons. The molecule has 0 spiro atoms. The second kappa shape index (κ2) is 8.12. The standard InChI is InChI=1S/C15H24ClN3O/c1-4-19(10-15(17)20)13-6-5-12(14(16)7-13)9-18-8-11(2)3/h5-7,11,18H,4,8-10H2,1-3H3,(H2,17,20). The van der Waals surface area contributed by atoms with Crippen LogP contribution in [-0.2, 0) is 11.3 Å². The van der Waals surface area contributed by atoms with Gasteiger partial charge in [0.05, 0.1) is 6.54 Å². The van der Waals surface area contributed by atoms with Crippen molar-refractivity contribution in [2.75, 3.05) is 24.5 Å². The fourth-order valence-electron chi connectivity index (χ4n) is 1.95. The number of primary amides is 1. The van der Waals surface area contributed by atoms with Gasteiger partial charge in [0.1, 0.15) is 0 Å². The Morgan fingerprint density at radius 2 is 2.15 bits per heavy atom. The number of hydrogen-bond acceptors (Lipinski definition) is 3. The Kier molecular flexibility index (Phi) is 6.82. The highest BCUT2D eigenvalue weighted by Crippen LogP contribution is 2.23. The number of nitrogens with zero attached hydrogens (tertiary/aromatic N) is 1. The number of nitrogens with one attached hydrogen (secondary N) is 1. The fourth-order valence-corrected chi connectivity index (χ4v) is 2.19. The molecule has 0 fully saturated rings. The van der Waals surface area contributed by atoms with Gasteiger partial charge in [-0.05, 0) is 37.1 Å². The van der Waals surface area contributed by atoms with E-state index in [-0.39, 0.29) is 12.5 Å². The van der Waals surface area contributed by atoms with Crippen LogP contribution < -0.4 is 16.0 Å². The molecule has 0 bridgehead atoms. The SMILES string of the molecule is CCN(CC(N)=O)c1ccc(CNCC(C)C)c(Cl)c1. The number of likely N-dealkylation sites (N-methyl/N-ethyl adjacent to an activating group) is 1. The average molecular weight is 298 g/mol. The van der Waals surface area contributed by atoms with Crippen LogP contribution in [0.2, 0.25) is 5.02 Å². The molecule has 1 amide bonds. The molecule has 4 nitrogen and oxygen atoms in total. The molecule has 1 aromatic carbocycles. The molecule has 112 valence electrons. The third-order valence-corrected chi connectivity index (χ3v) is 3.35. The first-order valence-electron chi connectivity index (χ1n) is 6.96. The molecule has 20 heavy (non-hydrogen) atoms. The largest absolute Gasteiger partial charge is 0.368 e. The van der Waals surface area contributed by atoms with E-state index in [9.17, 15) is 4.79 Å². The molecular weight excluding hydrogens is 274 g/mol. The number of amides is 1. The summed E-state index contributed by atoms with van der Waals surface area (Å²) in [6, 6.07) is 5.86. The highest BCUT2D eigenvalue weighted by molar-refractivity contribution is 6.31. The lowest BCUT2D eigenvalue weighted by molar-refractivity contribution is -0.116. The normalized spacial score (nSPS) is 10.8. The lowest BCUT2D eigenvalue weighted by atomic mass is 10.1. The Balaban J connectivity index is 2.73. The van der Waals surface area contributed by atoms with Crippen molar-refractivity contribution in [1.29, 1.82) is 0 Å². The molecule has 1 rings (SSSR count). The number of nitrogens with two attached hydrogens (primary N) is 1. The highest BCUT2D eigenvalue weighted by Gasteiger charge is 2.09. The van der Waals surface area contributed by atoms with Crippen molar-refractivity contribution in [1.82, 2.24) is 5.32 Å². The van der Waals surface area contributed by atoms with E-state index in [1.165, 1.54) is 0 Å². The number of rotatable bonds is 8. The Labute approximate surface area is 126 Å². The van der Waals surface area contributed by atoms with Gasteiger partial charge >= 0.3 is 0 Å². The first-order valence-corrected chi connectivity index (χ1v) is 7.34. The predicted molar refractivity (Wildman–Crippen MR) is 85.1 cm³/mol. The van der Waals surface area contributed by atoms with E-state index in [2.05, 4.69) is 19.2 Å². The van der Waals surface area contributed by atoms with Gasteiger partial charge in [-0.3, -0.25) is 4.79 Å². The van der Waals surface area contributed by atoms with Crippen LogP contribution in [0.1, 0.15) is 26.3 Å². The van der Waals surface area contributed by atoms with Gasteiger partial charge < -0.3 is 16.0 Å². The van der Waals surface area contributed by atoms with Gasteiger partial charge in [0.2, 0.25) is 5.91 Å². The molecule has 0 aliphatic carbocycles. The number of anilines is 1. The van der Waals surface area contributed by atoms with E-state index in [1.54, 1.807) is 0 Å². The third kappa shape index (κ3) is 5.39. The molecule has 0 saturated heterocycles. The maximum Gasteiger partial charge on any atom is 0.236 e. The minimum absolute atomic E-state index is 0.206. The van der Waals surface area contributed by atoms with Crippen molar-refractivity contribution in [2.45, 2.75) is 27.3 Å². The number of carbonyl (C=O) groups excluding carboxylic acids is 1. The van der Waals surface area contributed by atoms with Crippen molar-refractivity contribution in [3.63, 3.8) is 0 Å². The number of hydrogen-bond donors (Lipinski definition) is 2. The number of benzene rings is 1. The van der Waals surface area contributed by atoms with Crippen molar-refractivity contribution < 1.29 is 4.79 Å². The summed E-state index contributed by atoms with van der Waals surface area (Å²) in [6.07, 6.45) is 0. The molecule has 0 aromatic heterocycles. The first-order chi connectivity index (χ1) is 9.43. The Hall–Kier alpha value is -1.26. The van der Waals surface area contributed by atoms with Crippen LogP contribution in [0.5, 0.6) is 0 Å². The van der Waals surface area contributed by atoms with E-state index < -0.39 is 0 Å². The van der Waals surface area contributed by atoms with Crippen LogP contribution in [0, 0.1) is 5.92 Å². The maximum absolute atomic E-state index is 11.0. The van der Waals surface area contributed by atoms with Crippen molar-refractivity contribution in [3.05, 3.63) is 28.8 Å². The van der Waals surface area contributed by atoms with E-state index in [0.717, 1.165) is 24.3 Å². The topological polar surface area (TPSA) is 58.4 Å². The minimum atomic E-state index is -0.342. The summed E-state index contributed by atoms with van der Waals surface area (Å²) in [5, 5.41) is 4.07. The maximum atomic E-state index is 11.0. The Morgan fingerprint density at radius 1 is 1.45 bits per heavy atom. The average Bonchev–Trinajstić information content (AvgIpc) is 2.37. The summed E-state index contributed by atoms with van der Waals surface area (Å²) >= 11 is 6.30. The molecule has 0 aliphatic heterocycles. The van der Waals surface area contributed by atoms with Gasteiger partial charge in [-0.15, -0.1) is 0 Å². The quantitative estimate of drug-likeness (QED) is 0.774. The summed E-state index contributed by atoms with van der Waals surface area (Å²) in [5.74, 6) is 0.268. The lowest BCUT2D eigenvalue weighted by Crippen LogP contribution is -2.33. The van der Waals surface area contributed by atoms with Crippen molar-refractivity contribution >= 4 is 23.2 Å². The lowest BCUT2D eigenvalue weighted by Gasteiger charge is -2.22. The monoisotopic (exact) mass is 297 g/mol. The molecule has 3 N–H and O–H groups in total. The summed E-state index contributed by atoms with van der Waals surface area (Å²) in [4.78, 5) is 12.9. The van der Waals surface area contributed by atoms with Gasteiger partial charge in [-0.25, -0.2) is 0 Å². The molecular formula is C15H24ClN3O. The predicted octanol–water partition coefficient (Wildman–Crippen LogP) is 2.40. The van der Waals surface area contributed by atoms with Gasteiger partial charge in [-0.1, -0.05) is 31.5 Å². The van der Waals surface area contributed by atoms with Gasteiger partial charge in [0, 0.05) is 23.8 Å². The molecule has 0 heterocycles. The van der Waals surface area contributed by atoms with Crippen LogP contribution in [0.15, 0.2) is 18.2 Å². The fraction of sp³-hybridized carbons (Fsp3) is 0.533. The zero-order chi connectivity index (χ0) is 15.1. The molecule has 5 heteroatoms. The van der Waals surface area contributed by atoms with E-state index in [1.807, 2.05) is 30.0 Å². The molecule has 0 unspecified atom stereocenters. The Morgan fingerprint density at radius 3 is 2.65 bits per heavy atom. The van der Waals surface area contributed by atoms with Crippen LogP contribution in [0.25, 0.3) is 0 Å². The molecule has 0 aliphatic rings. The van der Waals surface area contributed by atoms with Crippen LogP contribution in [-0.4, -0.2) is 25.5 Å². The van der Waals surface area contributed by atoms with Crippen LogP contribution in [0.3, 0.4) is 0 Å². The molecule has 0 saturated carbocycles. The van der Waals surface area contributed by atoms with Crippen LogP contribution in [0.4, 0.5) is 5.69 Å². The van der Waals surface area contributed by atoms with Crippen LogP contribution >= 0.6 is 11.6 Å². The van der Waals surface area contributed by atoms with E-state index in [0.29, 0.717) is 17.5 Å². The van der Waals surface area contributed by atoms with Crippen molar-refractivity contribution in [2.24, 2.45) is 11.7 Å². The van der Waals surface area contributed by atoms with Gasteiger partial charge in [-0.2, -0.15) is 0 Å². The minimum Gasteiger partial charge on any atom is -0.368 e. The van der Waals surface area contributed by atoms with Gasteiger partial charge in [0.25, 0.3) is 0 Å². The summed E-state index contributed by atoms with van der Waals surface area (Å²) in [6.45, 7) is 8.94. The van der Waals surface area contributed by atoms with Crippen molar-refractivity contribution in [3.8, 4) is 0 Å². The Bertz CT molecular complexity index is 449. The zero-order valence-corrected chi connectivity index (χ0v) is 13.2. The second-order valence-corrected chi connectivity index (χ2v) is 5.69. The molecule has 1 aromatic rings. The van der Waals surface area contributed by atoms with Gasteiger partial charge in [0.15, 0.2) is 0 Å². The van der Waals surface area contributed by atoms with E-state index >= 15 is 0 Å². The second-order valence-electron chi connectivity index (χ2n) is 5.28. The summed E-state index contributed by atoms with van der Waals surface area (Å²) in [7, 11) is 0.